The number of benzene rings is 2. The van der Waals surface area contributed by atoms with Gasteiger partial charge in [0.15, 0.2) is 5.11 Å². The number of aromatic nitrogens is 2. The van der Waals surface area contributed by atoms with Gasteiger partial charge in [0.1, 0.15) is 11.5 Å². The van der Waals surface area contributed by atoms with Gasteiger partial charge in [-0.05, 0) is 92.1 Å². The highest BCUT2D eigenvalue weighted by molar-refractivity contribution is 7.80. The maximum atomic E-state index is 6.06. The molecule has 36 heavy (non-hydrogen) atoms. The van der Waals surface area contributed by atoms with Crippen molar-refractivity contribution >= 4 is 23.0 Å². The number of nitrogens with zero attached hydrogens (tertiary/aromatic N) is 3. The summed E-state index contributed by atoms with van der Waals surface area (Å²) in [5.41, 5.74) is 4.47. The Kier molecular flexibility index (Phi) is 6.20. The summed E-state index contributed by atoms with van der Waals surface area (Å²) in [5, 5.41) is 4.27. The molecule has 2 aromatic carbocycles. The molecule has 0 bridgehead atoms. The quantitative estimate of drug-likeness (QED) is 0.285. The second kappa shape index (κ2) is 9.78. The van der Waals surface area contributed by atoms with E-state index in [4.69, 9.17) is 17.0 Å². The summed E-state index contributed by atoms with van der Waals surface area (Å²) >= 11 is 5.89. The minimum atomic E-state index is -0.0402. The lowest BCUT2D eigenvalue weighted by Gasteiger charge is -2.27. The minimum absolute atomic E-state index is 0.00100. The molecule has 1 saturated heterocycles. The van der Waals surface area contributed by atoms with Crippen molar-refractivity contribution in [2.75, 3.05) is 4.90 Å². The van der Waals surface area contributed by atoms with Crippen LogP contribution in [0.1, 0.15) is 60.6 Å². The van der Waals surface area contributed by atoms with Crippen LogP contribution in [0.3, 0.4) is 0 Å². The van der Waals surface area contributed by atoms with Crippen molar-refractivity contribution in [3.05, 3.63) is 108 Å². The van der Waals surface area contributed by atoms with Crippen molar-refractivity contribution in [3.8, 4) is 11.5 Å². The zero-order valence-corrected chi connectivity index (χ0v) is 21.2. The second-order valence-electron chi connectivity index (χ2n) is 9.74. The van der Waals surface area contributed by atoms with Crippen LogP contribution in [-0.4, -0.2) is 14.7 Å². The Labute approximate surface area is 217 Å². The van der Waals surface area contributed by atoms with Crippen molar-refractivity contribution in [2.24, 2.45) is 0 Å². The first kappa shape index (κ1) is 22.8. The van der Waals surface area contributed by atoms with Gasteiger partial charge in [-0.25, -0.2) is 0 Å². The van der Waals surface area contributed by atoms with Crippen LogP contribution >= 0.6 is 12.2 Å². The number of thiocarbonyl (C=S) groups is 1. The predicted octanol–water partition coefficient (Wildman–Crippen LogP) is 7.28. The molecule has 2 fully saturated rings. The number of hydrogen-bond donors (Lipinski definition) is 1. The number of aryl methyl sites for hydroxylation is 1. The zero-order valence-electron chi connectivity index (χ0n) is 20.4. The Hall–Kier alpha value is -3.64. The molecular weight excluding hydrogens is 464 g/mol. The third-order valence-corrected chi connectivity index (χ3v) is 7.61. The van der Waals surface area contributed by atoms with E-state index in [9.17, 15) is 0 Å². The van der Waals surface area contributed by atoms with Crippen LogP contribution in [0, 0.1) is 6.92 Å². The number of nitrogens with one attached hydrogen (secondary N) is 1. The average Bonchev–Trinajstić information content (AvgIpc) is 3.66. The van der Waals surface area contributed by atoms with Gasteiger partial charge in [0, 0.05) is 30.3 Å². The number of pyridine rings is 1. The summed E-state index contributed by atoms with van der Waals surface area (Å²) in [7, 11) is 0. The van der Waals surface area contributed by atoms with Crippen LogP contribution in [0.25, 0.3) is 0 Å². The molecule has 3 heterocycles. The summed E-state index contributed by atoms with van der Waals surface area (Å²) in [4.78, 5) is 6.90. The van der Waals surface area contributed by atoms with E-state index < -0.39 is 0 Å². The third-order valence-electron chi connectivity index (χ3n) is 7.29. The first-order chi connectivity index (χ1) is 17.7. The topological polar surface area (TPSA) is 42.3 Å². The Morgan fingerprint density at radius 2 is 1.64 bits per heavy atom. The summed E-state index contributed by atoms with van der Waals surface area (Å²) in [5.74, 6) is 1.62. The average molecular weight is 495 g/mol. The third kappa shape index (κ3) is 4.49. The van der Waals surface area contributed by atoms with E-state index in [1.54, 1.807) is 0 Å². The molecule has 5 nitrogen and oxygen atoms in total. The first-order valence-corrected chi connectivity index (χ1v) is 13.1. The van der Waals surface area contributed by atoms with Gasteiger partial charge in [-0.3, -0.25) is 4.98 Å². The Bertz CT molecular complexity index is 1330. The maximum Gasteiger partial charge on any atom is 0.174 e. The SMILES string of the molecule is Cc1ccc(Oc2ccc(N3C(=S)N[C@@H](c4ccccn4)[C@H]3c3ccn(C4CCCC4)c3)cc2)cc1. The molecule has 1 N–H and O–H groups in total. The molecule has 6 rings (SSSR count). The van der Waals surface area contributed by atoms with Crippen molar-refractivity contribution in [1.29, 1.82) is 0 Å². The normalized spacial score (nSPS) is 20.0. The van der Waals surface area contributed by atoms with Gasteiger partial charge in [0.25, 0.3) is 0 Å². The number of rotatable bonds is 6. The van der Waals surface area contributed by atoms with Crippen molar-refractivity contribution < 1.29 is 4.74 Å². The summed E-state index contributed by atoms with van der Waals surface area (Å²) < 4.78 is 8.46. The van der Waals surface area contributed by atoms with Gasteiger partial charge in [-0.2, -0.15) is 0 Å². The minimum Gasteiger partial charge on any atom is -0.457 e. The van der Waals surface area contributed by atoms with Crippen LogP contribution < -0.4 is 15.0 Å². The fourth-order valence-corrected chi connectivity index (χ4v) is 5.77. The molecule has 0 radical (unpaired) electrons. The molecule has 6 heteroatoms. The van der Waals surface area contributed by atoms with Gasteiger partial charge < -0.3 is 19.5 Å². The van der Waals surface area contributed by atoms with E-state index in [1.807, 2.05) is 42.6 Å². The van der Waals surface area contributed by atoms with E-state index in [0.717, 1.165) is 22.9 Å². The molecule has 0 amide bonds. The van der Waals surface area contributed by atoms with Crippen LogP contribution in [-0.2, 0) is 0 Å². The molecule has 2 aliphatic rings. The molecule has 1 saturated carbocycles. The van der Waals surface area contributed by atoms with Crippen LogP contribution in [0.4, 0.5) is 5.69 Å². The maximum absolute atomic E-state index is 6.06. The molecule has 1 aliphatic heterocycles. The Morgan fingerprint density at radius 1 is 0.917 bits per heavy atom. The Morgan fingerprint density at radius 3 is 2.33 bits per heavy atom. The fraction of sp³-hybridized carbons (Fsp3) is 0.267. The van der Waals surface area contributed by atoms with Crippen molar-refractivity contribution in [3.63, 3.8) is 0 Å². The lowest BCUT2D eigenvalue weighted by atomic mass is 9.98. The van der Waals surface area contributed by atoms with Crippen LogP contribution in [0.5, 0.6) is 11.5 Å². The Balaban J connectivity index is 1.32. The number of ether oxygens (including phenoxy) is 1. The number of hydrogen-bond acceptors (Lipinski definition) is 3. The van der Waals surface area contributed by atoms with E-state index >= 15 is 0 Å². The van der Waals surface area contributed by atoms with Gasteiger partial charge in [0.2, 0.25) is 0 Å². The summed E-state index contributed by atoms with van der Waals surface area (Å²) in [6, 6.07) is 25.1. The second-order valence-corrected chi connectivity index (χ2v) is 10.1. The van der Waals surface area contributed by atoms with Crippen molar-refractivity contribution in [2.45, 2.75) is 50.7 Å². The highest BCUT2D eigenvalue weighted by Crippen LogP contribution is 2.43. The molecule has 2 aromatic heterocycles. The van der Waals surface area contributed by atoms with Crippen LogP contribution in [0.15, 0.2) is 91.4 Å². The van der Waals surface area contributed by atoms with Gasteiger partial charge in [-0.1, -0.05) is 36.6 Å². The molecule has 4 aromatic rings. The molecule has 2 atom stereocenters. The van der Waals surface area contributed by atoms with E-state index in [-0.39, 0.29) is 12.1 Å². The molecule has 0 unspecified atom stereocenters. The monoisotopic (exact) mass is 494 g/mol. The highest BCUT2D eigenvalue weighted by Gasteiger charge is 2.41. The molecular formula is C30H30N4OS. The van der Waals surface area contributed by atoms with E-state index in [2.05, 4.69) is 75.5 Å². The van der Waals surface area contributed by atoms with Crippen molar-refractivity contribution in [1.82, 2.24) is 14.9 Å². The predicted molar refractivity (Wildman–Crippen MR) is 148 cm³/mol. The smallest absolute Gasteiger partial charge is 0.174 e. The molecule has 1 aliphatic carbocycles. The molecule has 182 valence electrons. The lowest BCUT2D eigenvalue weighted by Crippen LogP contribution is -2.29. The van der Waals surface area contributed by atoms with Gasteiger partial charge >= 0.3 is 0 Å². The first-order valence-electron chi connectivity index (χ1n) is 12.7. The standard InChI is InChI=1S/C30H30N4OS/c1-21-9-13-25(14-10-21)35-26-15-11-24(12-16-26)34-29(22-17-19-33(20-22)23-6-2-3-7-23)28(32-30(34)36)27-8-4-5-18-31-27/h4-5,8-20,23,28-29H,2-3,6-7H2,1H3,(H,32,36)/t28-,29+/m0/s1. The van der Waals surface area contributed by atoms with E-state index in [1.165, 1.54) is 36.8 Å². The summed E-state index contributed by atoms with van der Waals surface area (Å²) in [6.45, 7) is 2.07. The van der Waals surface area contributed by atoms with Gasteiger partial charge in [0.05, 0.1) is 17.8 Å². The summed E-state index contributed by atoms with van der Waals surface area (Å²) in [6.07, 6.45) is 11.5. The zero-order chi connectivity index (χ0) is 24.5. The largest absolute Gasteiger partial charge is 0.457 e. The van der Waals surface area contributed by atoms with Gasteiger partial charge in [-0.15, -0.1) is 0 Å². The molecule has 0 spiro atoms. The number of anilines is 1. The van der Waals surface area contributed by atoms with E-state index in [0.29, 0.717) is 11.2 Å². The van der Waals surface area contributed by atoms with Crippen LogP contribution in [0.2, 0.25) is 0 Å². The highest BCUT2D eigenvalue weighted by atomic mass is 32.1. The lowest BCUT2D eigenvalue weighted by molar-refractivity contribution is 0.482. The fourth-order valence-electron chi connectivity index (χ4n) is 5.42.